The fraction of sp³-hybridized carbons (Fsp3) is 0.118. The van der Waals surface area contributed by atoms with Gasteiger partial charge in [-0.25, -0.2) is 4.39 Å². The molecule has 2 N–H and O–H groups in total. The van der Waals surface area contributed by atoms with Gasteiger partial charge in [-0.15, -0.1) is 0 Å². The van der Waals surface area contributed by atoms with Crippen LogP contribution in [-0.4, -0.2) is 17.6 Å². The van der Waals surface area contributed by atoms with Crippen LogP contribution < -0.4 is 5.32 Å². The van der Waals surface area contributed by atoms with Gasteiger partial charge < -0.3 is 10.4 Å². The highest BCUT2D eigenvalue weighted by Crippen LogP contribution is 2.14. The molecule has 0 heterocycles. The molecule has 0 radical (unpaired) electrons. The first-order valence-corrected chi connectivity index (χ1v) is 6.37. The Morgan fingerprint density at radius 2 is 2.10 bits per heavy atom. The summed E-state index contributed by atoms with van der Waals surface area (Å²) in [4.78, 5) is 12.1. The van der Waals surface area contributed by atoms with Gasteiger partial charge in [-0.05, 0) is 42.8 Å². The number of anilines is 1. The van der Waals surface area contributed by atoms with E-state index in [0.29, 0.717) is 16.8 Å². The van der Waals surface area contributed by atoms with Crippen LogP contribution in [0.3, 0.4) is 0 Å². The first-order chi connectivity index (χ1) is 10.1. The van der Waals surface area contributed by atoms with Crippen molar-refractivity contribution < 1.29 is 14.3 Å². The molecule has 2 aromatic rings. The van der Waals surface area contributed by atoms with E-state index in [0.717, 1.165) is 5.56 Å². The molecule has 0 aliphatic carbocycles. The van der Waals surface area contributed by atoms with Crippen LogP contribution in [0, 0.1) is 24.6 Å². The number of rotatable bonds is 2. The Morgan fingerprint density at radius 1 is 1.29 bits per heavy atom. The molecule has 0 saturated heterocycles. The van der Waals surface area contributed by atoms with Crippen molar-refractivity contribution in [2.24, 2.45) is 0 Å². The van der Waals surface area contributed by atoms with Crippen molar-refractivity contribution in [2.45, 2.75) is 6.92 Å². The minimum Gasteiger partial charge on any atom is -0.384 e. The zero-order valence-electron chi connectivity index (χ0n) is 11.5. The van der Waals surface area contributed by atoms with Gasteiger partial charge in [-0.3, -0.25) is 4.79 Å². The molecule has 4 heteroatoms. The lowest BCUT2D eigenvalue weighted by Gasteiger charge is -2.07. The summed E-state index contributed by atoms with van der Waals surface area (Å²) >= 11 is 0. The fourth-order valence-corrected chi connectivity index (χ4v) is 1.80. The number of halogens is 1. The summed E-state index contributed by atoms with van der Waals surface area (Å²) in [5.74, 6) is 4.59. The zero-order valence-corrected chi connectivity index (χ0v) is 11.5. The zero-order chi connectivity index (χ0) is 15.2. The standard InChI is InChI=1S/C17H14FNO2/c1-12-7-8-14(10-13(12)4-3-9-20)17(21)19-16-6-2-5-15(18)11-16/h2,5-8,10-11,20H,9H2,1H3,(H,19,21). The van der Waals surface area contributed by atoms with Gasteiger partial charge in [-0.1, -0.05) is 24.0 Å². The number of hydrogen-bond acceptors (Lipinski definition) is 2. The molecule has 1 amide bonds. The van der Waals surface area contributed by atoms with Gasteiger partial charge in [0.2, 0.25) is 0 Å². The number of aliphatic hydroxyl groups excluding tert-OH is 1. The van der Waals surface area contributed by atoms with Gasteiger partial charge in [0.25, 0.3) is 5.91 Å². The number of aryl methyl sites for hydroxylation is 1. The summed E-state index contributed by atoms with van der Waals surface area (Å²) in [5.41, 5.74) is 2.41. The molecular formula is C17H14FNO2. The molecule has 3 nitrogen and oxygen atoms in total. The predicted octanol–water partition coefficient (Wildman–Crippen LogP) is 2.73. The van der Waals surface area contributed by atoms with Crippen molar-refractivity contribution >= 4 is 11.6 Å². The van der Waals surface area contributed by atoms with E-state index >= 15 is 0 Å². The quantitative estimate of drug-likeness (QED) is 0.833. The first-order valence-electron chi connectivity index (χ1n) is 6.37. The number of aliphatic hydroxyl groups is 1. The third-order valence-corrected chi connectivity index (χ3v) is 2.88. The Kier molecular flexibility index (Phi) is 4.70. The highest BCUT2D eigenvalue weighted by Gasteiger charge is 2.08. The molecule has 0 atom stereocenters. The van der Waals surface area contributed by atoms with Crippen molar-refractivity contribution in [2.75, 3.05) is 11.9 Å². The number of nitrogens with one attached hydrogen (secondary N) is 1. The van der Waals surface area contributed by atoms with E-state index in [1.807, 2.05) is 6.92 Å². The van der Waals surface area contributed by atoms with E-state index in [1.54, 1.807) is 24.3 Å². The molecule has 0 bridgehead atoms. The molecule has 0 aromatic heterocycles. The number of amides is 1. The normalized spacial score (nSPS) is 9.67. The average molecular weight is 283 g/mol. The van der Waals surface area contributed by atoms with Gasteiger partial charge in [0.05, 0.1) is 0 Å². The van der Waals surface area contributed by atoms with Crippen LogP contribution in [0.4, 0.5) is 10.1 Å². The highest BCUT2D eigenvalue weighted by atomic mass is 19.1. The largest absolute Gasteiger partial charge is 0.384 e. The van der Waals surface area contributed by atoms with E-state index in [2.05, 4.69) is 17.2 Å². The van der Waals surface area contributed by atoms with Gasteiger partial charge in [0, 0.05) is 16.8 Å². The summed E-state index contributed by atoms with van der Waals surface area (Å²) in [5, 5.41) is 11.4. The summed E-state index contributed by atoms with van der Waals surface area (Å²) in [6, 6.07) is 10.8. The Morgan fingerprint density at radius 3 is 2.81 bits per heavy atom. The van der Waals surface area contributed by atoms with Crippen molar-refractivity contribution in [1.29, 1.82) is 0 Å². The van der Waals surface area contributed by atoms with Crippen LogP contribution in [0.15, 0.2) is 42.5 Å². The molecule has 0 aliphatic rings. The van der Waals surface area contributed by atoms with Crippen LogP contribution in [0.25, 0.3) is 0 Å². The molecule has 0 aliphatic heterocycles. The molecule has 2 aromatic carbocycles. The second-order valence-corrected chi connectivity index (χ2v) is 4.45. The molecule has 106 valence electrons. The van der Waals surface area contributed by atoms with Gasteiger partial charge in [-0.2, -0.15) is 0 Å². The van der Waals surface area contributed by atoms with Gasteiger partial charge in [0.15, 0.2) is 0 Å². The lowest BCUT2D eigenvalue weighted by atomic mass is 10.0. The van der Waals surface area contributed by atoms with Crippen LogP contribution in [0.1, 0.15) is 21.5 Å². The molecular weight excluding hydrogens is 269 g/mol. The fourth-order valence-electron chi connectivity index (χ4n) is 1.80. The molecule has 0 spiro atoms. The van der Waals surface area contributed by atoms with Crippen molar-refractivity contribution in [3.63, 3.8) is 0 Å². The van der Waals surface area contributed by atoms with E-state index in [-0.39, 0.29) is 12.5 Å². The highest BCUT2D eigenvalue weighted by molar-refractivity contribution is 6.04. The Balaban J connectivity index is 2.23. The topological polar surface area (TPSA) is 49.3 Å². The Labute approximate surface area is 122 Å². The van der Waals surface area contributed by atoms with Crippen LogP contribution in [0.2, 0.25) is 0 Å². The third kappa shape index (κ3) is 3.91. The molecule has 0 unspecified atom stereocenters. The molecule has 21 heavy (non-hydrogen) atoms. The number of benzene rings is 2. The molecule has 0 fully saturated rings. The average Bonchev–Trinajstić information content (AvgIpc) is 2.46. The van der Waals surface area contributed by atoms with Crippen molar-refractivity contribution in [1.82, 2.24) is 0 Å². The number of carbonyl (C=O) groups is 1. The summed E-state index contributed by atoms with van der Waals surface area (Å²) < 4.78 is 13.1. The van der Waals surface area contributed by atoms with E-state index in [4.69, 9.17) is 5.11 Å². The predicted molar refractivity (Wildman–Crippen MR) is 79.5 cm³/mol. The van der Waals surface area contributed by atoms with Crippen molar-refractivity contribution in [3.8, 4) is 11.8 Å². The maximum atomic E-state index is 13.1. The first kappa shape index (κ1) is 14.8. The Hall–Kier alpha value is -2.64. The lowest BCUT2D eigenvalue weighted by Crippen LogP contribution is -2.12. The van der Waals surface area contributed by atoms with Crippen LogP contribution >= 0.6 is 0 Å². The summed E-state index contributed by atoms with van der Waals surface area (Å²) in [6.07, 6.45) is 0. The Bertz CT molecular complexity index is 729. The smallest absolute Gasteiger partial charge is 0.255 e. The van der Waals surface area contributed by atoms with E-state index in [1.165, 1.54) is 18.2 Å². The monoisotopic (exact) mass is 283 g/mol. The SMILES string of the molecule is Cc1ccc(C(=O)Nc2cccc(F)c2)cc1C#CCO. The second kappa shape index (κ2) is 6.69. The van der Waals surface area contributed by atoms with Crippen LogP contribution in [0.5, 0.6) is 0 Å². The van der Waals surface area contributed by atoms with Crippen LogP contribution in [-0.2, 0) is 0 Å². The maximum Gasteiger partial charge on any atom is 0.255 e. The van der Waals surface area contributed by atoms with Gasteiger partial charge in [0.1, 0.15) is 12.4 Å². The molecule has 2 rings (SSSR count). The number of hydrogen-bond donors (Lipinski definition) is 2. The van der Waals surface area contributed by atoms with Crippen molar-refractivity contribution in [3.05, 3.63) is 65.0 Å². The minimum absolute atomic E-state index is 0.237. The summed E-state index contributed by atoms with van der Waals surface area (Å²) in [7, 11) is 0. The maximum absolute atomic E-state index is 13.1. The third-order valence-electron chi connectivity index (χ3n) is 2.88. The van der Waals surface area contributed by atoms with E-state index in [9.17, 15) is 9.18 Å². The van der Waals surface area contributed by atoms with Gasteiger partial charge >= 0.3 is 0 Å². The lowest BCUT2D eigenvalue weighted by molar-refractivity contribution is 0.102. The second-order valence-electron chi connectivity index (χ2n) is 4.45. The minimum atomic E-state index is -0.411. The van der Waals surface area contributed by atoms with E-state index < -0.39 is 5.82 Å². The summed E-state index contributed by atoms with van der Waals surface area (Å²) in [6.45, 7) is 1.63. The number of carbonyl (C=O) groups excluding carboxylic acids is 1. The molecule has 0 saturated carbocycles.